The second-order valence-electron chi connectivity index (χ2n) is 7.24. The number of nitrogens with one attached hydrogen (secondary N) is 3. The van der Waals surface area contributed by atoms with Gasteiger partial charge in [0.1, 0.15) is 18.1 Å². The molecular formula is C17H28N6O9. The molecule has 5 amide bonds. The Bertz CT molecular complexity index is 770. The Morgan fingerprint density at radius 2 is 1.16 bits per heavy atom. The van der Waals surface area contributed by atoms with Gasteiger partial charge in [0.25, 0.3) is 0 Å². The predicted molar refractivity (Wildman–Crippen MR) is 106 cm³/mol. The average Bonchev–Trinajstić information content (AvgIpc) is 2.62. The highest BCUT2D eigenvalue weighted by molar-refractivity contribution is 5.97. The van der Waals surface area contributed by atoms with Crippen LogP contribution in [0, 0.1) is 5.92 Å². The van der Waals surface area contributed by atoms with E-state index in [1.807, 2.05) is 5.32 Å². The first-order valence-electron chi connectivity index (χ1n) is 9.33. The Balaban J connectivity index is 5.56. The molecule has 32 heavy (non-hydrogen) atoms. The van der Waals surface area contributed by atoms with Crippen molar-refractivity contribution < 1.29 is 43.8 Å². The number of amides is 5. The Morgan fingerprint density at radius 3 is 1.56 bits per heavy atom. The first kappa shape index (κ1) is 28.2. The number of hydrogen-bond donors (Lipinski definition) is 8. The average molecular weight is 460 g/mol. The number of rotatable bonds is 14. The van der Waals surface area contributed by atoms with Crippen molar-refractivity contribution in [1.29, 1.82) is 0 Å². The number of hydrogen-bond acceptors (Lipinski definition) is 8. The van der Waals surface area contributed by atoms with Gasteiger partial charge in [-0.1, -0.05) is 13.8 Å². The summed E-state index contributed by atoms with van der Waals surface area (Å²) in [6.07, 6.45) is -2.25. The minimum absolute atomic E-state index is 0.549. The number of carboxylic acid groups (broad SMARTS) is 2. The van der Waals surface area contributed by atoms with Crippen molar-refractivity contribution in [2.45, 2.75) is 57.3 Å². The molecule has 0 fully saturated rings. The van der Waals surface area contributed by atoms with E-state index < -0.39 is 90.8 Å². The molecule has 4 unspecified atom stereocenters. The molecule has 0 aromatic carbocycles. The normalized spacial score (nSPS) is 14.4. The topological polar surface area (TPSA) is 274 Å². The molecule has 4 atom stereocenters. The van der Waals surface area contributed by atoms with Crippen LogP contribution >= 0.6 is 0 Å². The maximum Gasteiger partial charge on any atom is 0.326 e. The summed E-state index contributed by atoms with van der Waals surface area (Å²) < 4.78 is 0. The van der Waals surface area contributed by atoms with E-state index in [1.54, 1.807) is 0 Å². The fraction of sp³-hybridized carbons (Fsp3) is 0.588. The van der Waals surface area contributed by atoms with E-state index in [0.29, 0.717) is 0 Å². The second-order valence-corrected chi connectivity index (χ2v) is 7.24. The summed E-state index contributed by atoms with van der Waals surface area (Å²) in [5.74, 6) is -8.67. The van der Waals surface area contributed by atoms with Crippen LogP contribution in [-0.2, 0) is 33.6 Å². The zero-order valence-corrected chi connectivity index (χ0v) is 17.5. The third-order valence-corrected chi connectivity index (χ3v) is 4.04. The van der Waals surface area contributed by atoms with Crippen molar-refractivity contribution in [1.82, 2.24) is 16.0 Å². The third-order valence-electron chi connectivity index (χ3n) is 4.04. The van der Waals surface area contributed by atoms with Crippen LogP contribution in [0.15, 0.2) is 0 Å². The third kappa shape index (κ3) is 10.3. The van der Waals surface area contributed by atoms with Gasteiger partial charge in [-0.2, -0.15) is 0 Å². The van der Waals surface area contributed by atoms with Crippen molar-refractivity contribution in [2.75, 3.05) is 0 Å². The molecule has 0 aromatic rings. The molecule has 0 bridgehead atoms. The Kier molecular flexibility index (Phi) is 11.3. The van der Waals surface area contributed by atoms with Crippen LogP contribution in [0.25, 0.3) is 0 Å². The van der Waals surface area contributed by atoms with E-state index in [-0.39, 0.29) is 0 Å². The number of primary amides is 2. The minimum atomic E-state index is -1.75. The lowest BCUT2D eigenvalue weighted by atomic mass is 10.0. The van der Waals surface area contributed by atoms with Crippen molar-refractivity contribution >= 4 is 41.5 Å². The summed E-state index contributed by atoms with van der Waals surface area (Å²) >= 11 is 0. The maximum absolute atomic E-state index is 12.5. The van der Waals surface area contributed by atoms with Crippen molar-refractivity contribution in [2.24, 2.45) is 23.1 Å². The second kappa shape index (κ2) is 12.8. The number of carboxylic acids is 2. The van der Waals surface area contributed by atoms with E-state index in [9.17, 15) is 38.7 Å². The van der Waals surface area contributed by atoms with Gasteiger partial charge in [0, 0.05) is 0 Å². The van der Waals surface area contributed by atoms with Gasteiger partial charge in [-0.05, 0) is 5.92 Å². The lowest BCUT2D eigenvalue weighted by molar-refractivity contribution is -0.144. The van der Waals surface area contributed by atoms with Crippen LogP contribution < -0.4 is 33.2 Å². The number of aliphatic carboxylic acids is 2. The zero-order chi connectivity index (χ0) is 25.2. The highest BCUT2D eigenvalue weighted by Gasteiger charge is 2.33. The molecule has 15 heteroatoms. The van der Waals surface area contributed by atoms with E-state index in [1.165, 1.54) is 13.8 Å². The van der Waals surface area contributed by atoms with E-state index in [0.717, 1.165) is 0 Å². The molecular weight excluding hydrogens is 432 g/mol. The fourth-order valence-corrected chi connectivity index (χ4v) is 2.42. The van der Waals surface area contributed by atoms with Crippen LogP contribution in [0.5, 0.6) is 0 Å². The molecule has 0 heterocycles. The Labute approximate surface area is 182 Å². The molecule has 0 saturated heterocycles. The summed E-state index contributed by atoms with van der Waals surface area (Å²) in [7, 11) is 0. The van der Waals surface area contributed by atoms with E-state index in [2.05, 4.69) is 10.6 Å². The molecule has 0 aliphatic carbocycles. The standard InChI is InChI=1S/C17H28N6O9/c1-6(2)13(17(31)32)23-16(30)8(4-11(20)25)22-15(29)9(5-12(26)27)21-14(28)7(18)3-10(19)24/h6-9,13H,3-5,18H2,1-2H3,(H2,19,24)(H2,20,25)(H,21,28)(H,22,29)(H,23,30)(H,26,27)(H,31,32). The number of carbonyl (C=O) groups excluding carboxylic acids is 5. The Morgan fingerprint density at radius 1 is 0.719 bits per heavy atom. The summed E-state index contributed by atoms with van der Waals surface area (Å²) in [5, 5.41) is 24.4. The molecule has 0 radical (unpaired) electrons. The zero-order valence-electron chi connectivity index (χ0n) is 17.5. The van der Waals surface area contributed by atoms with Gasteiger partial charge in [-0.3, -0.25) is 28.8 Å². The SMILES string of the molecule is CC(C)C(NC(=O)C(CC(N)=O)NC(=O)C(CC(=O)O)NC(=O)C(N)CC(N)=O)C(=O)O. The van der Waals surface area contributed by atoms with Crippen molar-refractivity contribution in [3.05, 3.63) is 0 Å². The largest absolute Gasteiger partial charge is 0.481 e. The molecule has 0 spiro atoms. The molecule has 0 aliphatic rings. The summed E-state index contributed by atoms with van der Waals surface area (Å²) in [5.41, 5.74) is 15.4. The number of carbonyl (C=O) groups is 7. The highest BCUT2D eigenvalue weighted by atomic mass is 16.4. The maximum atomic E-state index is 12.5. The van der Waals surface area contributed by atoms with Crippen molar-refractivity contribution in [3.8, 4) is 0 Å². The van der Waals surface area contributed by atoms with Crippen LogP contribution in [-0.4, -0.2) is 75.9 Å². The summed E-state index contributed by atoms with van der Waals surface area (Å²) in [6, 6.07) is -6.23. The van der Waals surface area contributed by atoms with Crippen LogP contribution in [0.2, 0.25) is 0 Å². The molecule has 0 aliphatic heterocycles. The number of nitrogens with two attached hydrogens (primary N) is 3. The minimum Gasteiger partial charge on any atom is -0.481 e. The van der Waals surface area contributed by atoms with Gasteiger partial charge in [0.2, 0.25) is 29.5 Å². The smallest absolute Gasteiger partial charge is 0.326 e. The summed E-state index contributed by atoms with van der Waals surface area (Å²) in [4.78, 5) is 81.6. The quantitative estimate of drug-likeness (QED) is 0.123. The highest BCUT2D eigenvalue weighted by Crippen LogP contribution is 2.04. The first-order valence-corrected chi connectivity index (χ1v) is 9.33. The molecule has 11 N–H and O–H groups in total. The van der Waals surface area contributed by atoms with E-state index in [4.69, 9.17) is 22.3 Å². The lowest BCUT2D eigenvalue weighted by Crippen LogP contribution is -2.58. The molecule has 0 aromatic heterocycles. The van der Waals surface area contributed by atoms with Gasteiger partial charge >= 0.3 is 11.9 Å². The van der Waals surface area contributed by atoms with Crippen LogP contribution in [0.4, 0.5) is 0 Å². The molecule has 0 saturated carbocycles. The molecule has 15 nitrogen and oxygen atoms in total. The lowest BCUT2D eigenvalue weighted by Gasteiger charge is -2.25. The molecule has 180 valence electrons. The van der Waals surface area contributed by atoms with Crippen LogP contribution in [0.3, 0.4) is 0 Å². The monoisotopic (exact) mass is 460 g/mol. The fourth-order valence-electron chi connectivity index (χ4n) is 2.42. The van der Waals surface area contributed by atoms with Gasteiger partial charge < -0.3 is 43.4 Å². The van der Waals surface area contributed by atoms with Crippen LogP contribution in [0.1, 0.15) is 33.1 Å². The van der Waals surface area contributed by atoms with Crippen molar-refractivity contribution in [3.63, 3.8) is 0 Å². The Hall–Kier alpha value is -3.75. The predicted octanol–water partition coefficient (Wildman–Crippen LogP) is -4.27. The van der Waals surface area contributed by atoms with E-state index >= 15 is 0 Å². The van der Waals surface area contributed by atoms with Gasteiger partial charge in [-0.25, -0.2) is 4.79 Å². The molecule has 0 rings (SSSR count). The summed E-state index contributed by atoms with van der Waals surface area (Å²) in [6.45, 7) is 3.02. The first-order chi connectivity index (χ1) is 14.6. The van der Waals surface area contributed by atoms with Gasteiger partial charge in [0.05, 0.1) is 25.3 Å². The van der Waals surface area contributed by atoms with Gasteiger partial charge in [-0.15, -0.1) is 0 Å². The van der Waals surface area contributed by atoms with Gasteiger partial charge in [0.15, 0.2) is 0 Å².